The third-order valence-electron chi connectivity index (χ3n) is 3.88. The Labute approximate surface area is 127 Å². The van der Waals surface area contributed by atoms with E-state index in [4.69, 9.17) is 0 Å². The van der Waals surface area contributed by atoms with Gasteiger partial charge in [0.05, 0.1) is 0 Å². The molecule has 1 amide bonds. The molecule has 0 unspecified atom stereocenters. The van der Waals surface area contributed by atoms with Crippen LogP contribution in [-0.2, 0) is 17.8 Å². The molecule has 0 aliphatic carbocycles. The van der Waals surface area contributed by atoms with E-state index in [0.29, 0.717) is 12.1 Å². The third-order valence-corrected chi connectivity index (χ3v) is 3.88. The van der Waals surface area contributed by atoms with E-state index in [9.17, 15) is 19.8 Å². The monoisotopic (exact) mass is 297 g/mol. The second kappa shape index (κ2) is 5.52. The van der Waals surface area contributed by atoms with Gasteiger partial charge in [0.15, 0.2) is 0 Å². The molecular formula is C17H15NO4. The summed E-state index contributed by atoms with van der Waals surface area (Å²) in [5, 5.41) is 18.8. The summed E-state index contributed by atoms with van der Waals surface area (Å²) >= 11 is 0. The zero-order valence-corrected chi connectivity index (χ0v) is 11.8. The van der Waals surface area contributed by atoms with Crippen molar-refractivity contribution < 1.29 is 19.8 Å². The van der Waals surface area contributed by atoms with Gasteiger partial charge in [-0.1, -0.05) is 30.3 Å². The minimum Gasteiger partial charge on any atom is -0.508 e. The Morgan fingerprint density at radius 1 is 1.14 bits per heavy atom. The number of phenols is 1. The predicted molar refractivity (Wildman–Crippen MR) is 79.6 cm³/mol. The van der Waals surface area contributed by atoms with Crippen molar-refractivity contribution in [2.45, 2.75) is 19.0 Å². The van der Waals surface area contributed by atoms with Gasteiger partial charge in [0.2, 0.25) is 0 Å². The zero-order valence-electron chi connectivity index (χ0n) is 11.8. The van der Waals surface area contributed by atoms with Gasteiger partial charge in [-0.05, 0) is 29.3 Å². The molecule has 0 aromatic heterocycles. The number of amides is 1. The first-order chi connectivity index (χ1) is 10.6. The van der Waals surface area contributed by atoms with Crippen LogP contribution in [-0.4, -0.2) is 33.0 Å². The van der Waals surface area contributed by atoms with E-state index in [1.807, 2.05) is 12.1 Å². The Morgan fingerprint density at radius 3 is 2.45 bits per heavy atom. The fourth-order valence-electron chi connectivity index (χ4n) is 2.71. The number of hydrogen-bond acceptors (Lipinski definition) is 3. The van der Waals surface area contributed by atoms with E-state index < -0.39 is 12.0 Å². The van der Waals surface area contributed by atoms with Crippen molar-refractivity contribution >= 4 is 11.9 Å². The number of aromatic hydroxyl groups is 1. The van der Waals surface area contributed by atoms with Crippen LogP contribution in [0, 0.1) is 0 Å². The molecule has 2 aromatic carbocycles. The lowest BCUT2D eigenvalue weighted by Gasteiger charge is -2.24. The Kier molecular flexibility index (Phi) is 3.55. The van der Waals surface area contributed by atoms with E-state index in [0.717, 1.165) is 11.1 Å². The van der Waals surface area contributed by atoms with Crippen LogP contribution in [0.15, 0.2) is 48.5 Å². The minimum absolute atomic E-state index is 0.125. The SMILES string of the molecule is O=C(O)[C@@H](Cc1ccc(O)cc1)N1Cc2ccccc2C1=O. The Morgan fingerprint density at radius 2 is 1.82 bits per heavy atom. The summed E-state index contributed by atoms with van der Waals surface area (Å²) in [6, 6.07) is 12.6. The number of phenolic OH excluding ortho intramolecular Hbond substituents is 1. The van der Waals surface area contributed by atoms with E-state index in [2.05, 4.69) is 0 Å². The first-order valence-corrected chi connectivity index (χ1v) is 6.96. The Balaban J connectivity index is 1.85. The normalized spacial score (nSPS) is 14.7. The minimum atomic E-state index is -1.03. The molecule has 0 fully saturated rings. The van der Waals surface area contributed by atoms with Crippen LogP contribution in [0.1, 0.15) is 21.5 Å². The van der Waals surface area contributed by atoms with Crippen LogP contribution in [0.5, 0.6) is 5.75 Å². The summed E-state index contributed by atoms with van der Waals surface area (Å²) in [6.45, 7) is 0.310. The molecule has 1 heterocycles. The Hall–Kier alpha value is -2.82. The van der Waals surface area contributed by atoms with Gasteiger partial charge in [0.25, 0.3) is 5.91 Å². The van der Waals surface area contributed by atoms with Crippen molar-refractivity contribution in [3.05, 3.63) is 65.2 Å². The van der Waals surface area contributed by atoms with E-state index in [1.54, 1.807) is 24.3 Å². The van der Waals surface area contributed by atoms with Gasteiger partial charge < -0.3 is 15.1 Å². The van der Waals surface area contributed by atoms with Crippen molar-refractivity contribution in [3.63, 3.8) is 0 Å². The van der Waals surface area contributed by atoms with Gasteiger partial charge in [0.1, 0.15) is 11.8 Å². The molecule has 0 spiro atoms. The van der Waals surface area contributed by atoms with Crippen molar-refractivity contribution in [3.8, 4) is 5.75 Å². The van der Waals surface area contributed by atoms with Crippen molar-refractivity contribution in [2.75, 3.05) is 0 Å². The van der Waals surface area contributed by atoms with Gasteiger partial charge in [-0.15, -0.1) is 0 Å². The molecule has 0 radical (unpaired) electrons. The van der Waals surface area contributed by atoms with Gasteiger partial charge in [-0.2, -0.15) is 0 Å². The molecule has 22 heavy (non-hydrogen) atoms. The van der Waals surface area contributed by atoms with Crippen molar-refractivity contribution in [2.24, 2.45) is 0 Å². The summed E-state index contributed by atoms with van der Waals surface area (Å²) < 4.78 is 0. The molecule has 112 valence electrons. The maximum Gasteiger partial charge on any atom is 0.326 e. The number of nitrogens with zero attached hydrogens (tertiary/aromatic N) is 1. The van der Waals surface area contributed by atoms with Gasteiger partial charge >= 0.3 is 5.97 Å². The summed E-state index contributed by atoms with van der Waals surface area (Å²) in [5.74, 6) is -1.16. The van der Waals surface area contributed by atoms with E-state index in [-0.39, 0.29) is 18.1 Å². The average molecular weight is 297 g/mol. The number of hydrogen-bond donors (Lipinski definition) is 2. The van der Waals surface area contributed by atoms with Crippen LogP contribution in [0.3, 0.4) is 0 Å². The average Bonchev–Trinajstić information content (AvgIpc) is 2.84. The zero-order chi connectivity index (χ0) is 15.7. The highest BCUT2D eigenvalue weighted by Crippen LogP contribution is 2.26. The van der Waals surface area contributed by atoms with Crippen LogP contribution < -0.4 is 0 Å². The molecule has 0 saturated heterocycles. The van der Waals surface area contributed by atoms with E-state index >= 15 is 0 Å². The molecule has 1 atom stereocenters. The molecule has 1 aliphatic heterocycles. The highest BCUT2D eigenvalue weighted by atomic mass is 16.4. The molecule has 2 N–H and O–H groups in total. The fraction of sp³-hybridized carbons (Fsp3) is 0.176. The second-order valence-electron chi connectivity index (χ2n) is 5.31. The number of carbonyl (C=O) groups is 2. The number of carboxylic acid groups (broad SMARTS) is 1. The van der Waals surface area contributed by atoms with Crippen molar-refractivity contribution in [1.29, 1.82) is 0 Å². The molecule has 3 rings (SSSR count). The smallest absolute Gasteiger partial charge is 0.326 e. The maximum atomic E-state index is 12.4. The van der Waals surface area contributed by atoms with Crippen LogP contribution in [0.2, 0.25) is 0 Å². The standard InChI is InChI=1S/C17H15NO4/c19-13-7-5-11(6-8-13)9-15(17(21)22)18-10-12-3-1-2-4-14(12)16(18)20/h1-8,15,19H,9-10H2,(H,21,22)/t15-/m1/s1. The number of aliphatic carboxylic acids is 1. The first kappa shape index (κ1) is 14.1. The van der Waals surface area contributed by atoms with E-state index in [1.165, 1.54) is 17.0 Å². The highest BCUT2D eigenvalue weighted by molar-refractivity contribution is 6.00. The summed E-state index contributed by atoms with van der Waals surface area (Å²) in [6.07, 6.45) is 0.204. The second-order valence-corrected chi connectivity index (χ2v) is 5.31. The van der Waals surface area contributed by atoms with Crippen LogP contribution in [0.4, 0.5) is 0 Å². The van der Waals surface area contributed by atoms with Gasteiger partial charge in [0, 0.05) is 18.5 Å². The number of rotatable bonds is 4. The summed E-state index contributed by atoms with van der Waals surface area (Å²) in [4.78, 5) is 25.4. The summed E-state index contributed by atoms with van der Waals surface area (Å²) in [5.41, 5.74) is 2.18. The summed E-state index contributed by atoms with van der Waals surface area (Å²) in [7, 11) is 0. The quantitative estimate of drug-likeness (QED) is 0.905. The molecular weight excluding hydrogens is 282 g/mol. The Bertz CT molecular complexity index is 724. The molecule has 2 aromatic rings. The van der Waals surface area contributed by atoms with Crippen LogP contribution in [0.25, 0.3) is 0 Å². The van der Waals surface area contributed by atoms with Crippen molar-refractivity contribution in [1.82, 2.24) is 4.90 Å². The lowest BCUT2D eigenvalue weighted by Crippen LogP contribution is -2.42. The molecule has 5 nitrogen and oxygen atoms in total. The molecule has 0 bridgehead atoms. The fourth-order valence-corrected chi connectivity index (χ4v) is 2.71. The number of carbonyl (C=O) groups excluding carboxylic acids is 1. The number of carboxylic acids is 1. The first-order valence-electron chi connectivity index (χ1n) is 6.96. The molecule has 1 aliphatic rings. The largest absolute Gasteiger partial charge is 0.508 e. The van der Waals surface area contributed by atoms with Crippen LogP contribution >= 0.6 is 0 Å². The topological polar surface area (TPSA) is 77.8 Å². The lowest BCUT2D eigenvalue weighted by atomic mass is 10.0. The highest BCUT2D eigenvalue weighted by Gasteiger charge is 2.36. The third kappa shape index (κ3) is 2.53. The van der Waals surface area contributed by atoms with Gasteiger partial charge in [-0.25, -0.2) is 4.79 Å². The number of benzene rings is 2. The predicted octanol–water partition coefficient (Wildman–Crippen LogP) is 2.04. The molecule has 0 saturated carbocycles. The lowest BCUT2D eigenvalue weighted by molar-refractivity contribution is -0.142. The maximum absolute atomic E-state index is 12.4. The van der Waals surface area contributed by atoms with Gasteiger partial charge in [-0.3, -0.25) is 4.79 Å². The number of fused-ring (bicyclic) bond motifs is 1. The molecule has 5 heteroatoms.